The topological polar surface area (TPSA) is 64.5 Å². The van der Waals surface area contributed by atoms with Crippen LogP contribution in [0, 0.1) is 0 Å². The van der Waals surface area contributed by atoms with E-state index in [1.807, 2.05) is 54.6 Å². The number of pyridine rings is 2. The molecule has 0 bridgehead atoms. The minimum absolute atomic E-state index is 0.166. The number of benzene rings is 2. The Morgan fingerprint density at radius 2 is 1.52 bits per heavy atom. The monoisotopic (exact) mass is 388 g/mol. The van der Waals surface area contributed by atoms with Crippen LogP contribution in [0.2, 0.25) is 0 Å². The van der Waals surface area contributed by atoms with Crippen molar-refractivity contribution in [1.29, 1.82) is 0 Å². The third kappa shape index (κ3) is 4.63. The van der Waals surface area contributed by atoms with Gasteiger partial charge in [-0.1, -0.05) is 18.2 Å². The number of hydrogen-bond acceptors (Lipinski definition) is 5. The Balaban J connectivity index is 1.31. The van der Waals surface area contributed by atoms with Crippen LogP contribution in [0.1, 0.15) is 18.4 Å². The van der Waals surface area contributed by atoms with E-state index in [0.29, 0.717) is 19.6 Å². The predicted molar refractivity (Wildman–Crippen MR) is 114 cm³/mol. The Kier molecular flexibility index (Phi) is 6.17. The molecule has 2 aromatic carbocycles. The second kappa shape index (κ2) is 9.34. The highest BCUT2D eigenvalue weighted by molar-refractivity contribution is 6.05. The zero-order chi connectivity index (χ0) is 19.9. The van der Waals surface area contributed by atoms with Gasteiger partial charge < -0.3 is 14.6 Å². The fourth-order valence-corrected chi connectivity index (χ4v) is 3.32. The van der Waals surface area contributed by atoms with Gasteiger partial charge >= 0.3 is 0 Å². The average molecular weight is 388 g/mol. The third-order valence-electron chi connectivity index (χ3n) is 4.81. The molecule has 2 aromatic heterocycles. The van der Waals surface area contributed by atoms with Gasteiger partial charge in [0.2, 0.25) is 0 Å². The van der Waals surface area contributed by atoms with E-state index < -0.39 is 0 Å². The smallest absolute Gasteiger partial charge is 0.129 e. The number of fused-ring (bicyclic) bond motifs is 3. The molecule has 1 N–H and O–H groups in total. The first-order valence-corrected chi connectivity index (χ1v) is 9.93. The number of rotatable bonds is 9. The molecule has 0 fully saturated rings. The summed E-state index contributed by atoms with van der Waals surface area (Å²) in [5.41, 5.74) is 2.88. The SMILES string of the molecule is OCCc1ccc(OCCCCOc2cc3cccnc3c3ncccc23)cc1. The molecule has 0 radical (unpaired) electrons. The molecule has 0 unspecified atom stereocenters. The van der Waals surface area contributed by atoms with Crippen molar-refractivity contribution in [1.82, 2.24) is 9.97 Å². The maximum atomic E-state index is 8.96. The van der Waals surface area contributed by atoms with E-state index in [1.54, 1.807) is 12.4 Å². The molecule has 2 heterocycles. The second-order valence-corrected chi connectivity index (χ2v) is 6.87. The molecular formula is C24H24N2O3. The van der Waals surface area contributed by atoms with Gasteiger partial charge in [-0.2, -0.15) is 0 Å². The molecule has 5 nitrogen and oxygen atoms in total. The van der Waals surface area contributed by atoms with E-state index in [4.69, 9.17) is 14.6 Å². The van der Waals surface area contributed by atoms with Crippen molar-refractivity contribution >= 4 is 21.8 Å². The normalized spacial score (nSPS) is 11.1. The zero-order valence-corrected chi connectivity index (χ0v) is 16.3. The summed E-state index contributed by atoms with van der Waals surface area (Å²) in [6.07, 6.45) is 6.05. The van der Waals surface area contributed by atoms with Crippen molar-refractivity contribution in [2.45, 2.75) is 19.3 Å². The highest BCUT2D eigenvalue weighted by Gasteiger charge is 2.09. The average Bonchev–Trinajstić information content (AvgIpc) is 2.77. The number of nitrogens with zero attached hydrogens (tertiary/aromatic N) is 2. The van der Waals surface area contributed by atoms with Crippen molar-refractivity contribution in [2.24, 2.45) is 0 Å². The Bertz CT molecular complexity index is 1080. The van der Waals surface area contributed by atoms with Gasteiger partial charge in [-0.05, 0) is 61.2 Å². The number of ether oxygens (including phenoxy) is 2. The quantitative estimate of drug-likeness (QED) is 0.336. The maximum Gasteiger partial charge on any atom is 0.129 e. The first-order chi connectivity index (χ1) is 14.3. The minimum Gasteiger partial charge on any atom is -0.494 e. The first-order valence-electron chi connectivity index (χ1n) is 9.93. The maximum absolute atomic E-state index is 8.96. The summed E-state index contributed by atoms with van der Waals surface area (Å²) in [6, 6.07) is 17.8. The van der Waals surface area contributed by atoms with Crippen molar-refractivity contribution in [2.75, 3.05) is 19.8 Å². The van der Waals surface area contributed by atoms with Crippen molar-refractivity contribution in [3.8, 4) is 11.5 Å². The molecular weight excluding hydrogens is 364 g/mol. The van der Waals surface area contributed by atoms with Crippen LogP contribution < -0.4 is 9.47 Å². The molecule has 29 heavy (non-hydrogen) atoms. The molecule has 0 spiro atoms. The molecule has 0 atom stereocenters. The van der Waals surface area contributed by atoms with Crippen LogP contribution in [-0.4, -0.2) is 34.9 Å². The fourth-order valence-electron chi connectivity index (χ4n) is 3.32. The van der Waals surface area contributed by atoms with Crippen LogP contribution in [-0.2, 0) is 6.42 Å². The van der Waals surface area contributed by atoms with Gasteiger partial charge in [-0.3, -0.25) is 9.97 Å². The van der Waals surface area contributed by atoms with Crippen molar-refractivity contribution < 1.29 is 14.6 Å². The van der Waals surface area contributed by atoms with Crippen LogP contribution in [0.5, 0.6) is 11.5 Å². The number of aliphatic hydroxyl groups is 1. The predicted octanol–water partition coefficient (Wildman–Crippen LogP) is 4.56. The minimum atomic E-state index is 0.166. The van der Waals surface area contributed by atoms with E-state index >= 15 is 0 Å². The van der Waals surface area contributed by atoms with Gasteiger partial charge in [-0.15, -0.1) is 0 Å². The highest BCUT2D eigenvalue weighted by Crippen LogP contribution is 2.31. The van der Waals surface area contributed by atoms with Crippen LogP contribution in [0.3, 0.4) is 0 Å². The lowest BCUT2D eigenvalue weighted by atomic mass is 10.1. The zero-order valence-electron chi connectivity index (χ0n) is 16.3. The van der Waals surface area contributed by atoms with E-state index in [2.05, 4.69) is 9.97 Å². The summed E-state index contributed by atoms with van der Waals surface area (Å²) in [7, 11) is 0. The molecule has 0 saturated carbocycles. The summed E-state index contributed by atoms with van der Waals surface area (Å²) in [4.78, 5) is 8.97. The fraction of sp³-hybridized carbons (Fsp3) is 0.250. The number of unbranched alkanes of at least 4 members (excludes halogenated alkanes) is 1. The molecule has 4 aromatic rings. The summed E-state index contributed by atoms with van der Waals surface area (Å²) < 4.78 is 11.9. The van der Waals surface area contributed by atoms with Gasteiger partial charge in [0.1, 0.15) is 17.0 Å². The van der Waals surface area contributed by atoms with E-state index in [0.717, 1.165) is 51.7 Å². The Labute approximate surface area is 170 Å². The van der Waals surface area contributed by atoms with Gasteiger partial charge in [0.25, 0.3) is 0 Å². The molecule has 0 aliphatic heterocycles. The number of hydrogen-bond donors (Lipinski definition) is 1. The Morgan fingerprint density at radius 1 is 0.793 bits per heavy atom. The van der Waals surface area contributed by atoms with Crippen LogP contribution in [0.4, 0.5) is 0 Å². The third-order valence-corrected chi connectivity index (χ3v) is 4.81. The van der Waals surface area contributed by atoms with Gasteiger partial charge in [-0.25, -0.2) is 0 Å². The van der Waals surface area contributed by atoms with Crippen LogP contribution >= 0.6 is 0 Å². The molecule has 0 saturated heterocycles. The van der Waals surface area contributed by atoms with Gasteiger partial charge in [0.05, 0.1) is 18.7 Å². The van der Waals surface area contributed by atoms with E-state index in [9.17, 15) is 0 Å². The molecule has 0 aliphatic carbocycles. The standard InChI is InChI=1S/C24H24N2O3/c27-14-11-18-7-9-20(10-8-18)28-15-1-2-16-29-22-17-19-5-3-12-25-23(19)24-21(22)6-4-13-26-24/h3-10,12-13,17,27H,1-2,11,14-16H2. The largest absolute Gasteiger partial charge is 0.494 e. The molecule has 5 heteroatoms. The summed E-state index contributed by atoms with van der Waals surface area (Å²) in [5, 5.41) is 11.0. The summed E-state index contributed by atoms with van der Waals surface area (Å²) in [5.74, 6) is 1.70. The van der Waals surface area contributed by atoms with Crippen LogP contribution in [0.25, 0.3) is 21.8 Å². The molecule has 0 aliphatic rings. The Morgan fingerprint density at radius 3 is 2.31 bits per heavy atom. The molecule has 4 rings (SSSR count). The van der Waals surface area contributed by atoms with Crippen molar-refractivity contribution in [3.05, 3.63) is 72.6 Å². The Hall–Kier alpha value is -3.18. The van der Waals surface area contributed by atoms with Crippen LogP contribution in [0.15, 0.2) is 67.0 Å². The van der Waals surface area contributed by atoms with E-state index in [-0.39, 0.29) is 6.61 Å². The second-order valence-electron chi connectivity index (χ2n) is 6.87. The first kappa shape index (κ1) is 19.2. The van der Waals surface area contributed by atoms with Gasteiger partial charge in [0.15, 0.2) is 0 Å². The van der Waals surface area contributed by atoms with E-state index in [1.165, 1.54) is 0 Å². The number of aromatic nitrogens is 2. The highest BCUT2D eigenvalue weighted by atomic mass is 16.5. The molecule has 148 valence electrons. The number of aliphatic hydroxyl groups excluding tert-OH is 1. The lowest BCUT2D eigenvalue weighted by Gasteiger charge is -2.11. The summed E-state index contributed by atoms with van der Waals surface area (Å²) >= 11 is 0. The lowest BCUT2D eigenvalue weighted by molar-refractivity contribution is 0.268. The van der Waals surface area contributed by atoms with Gasteiger partial charge in [0, 0.05) is 29.8 Å². The summed E-state index contributed by atoms with van der Waals surface area (Å²) in [6.45, 7) is 1.43. The van der Waals surface area contributed by atoms with Crippen molar-refractivity contribution in [3.63, 3.8) is 0 Å². The lowest BCUT2D eigenvalue weighted by Crippen LogP contribution is -2.03. The molecule has 0 amide bonds.